The zero-order valence-electron chi connectivity index (χ0n) is 13.5. The molecular formula is C16H23ClF2N2O3. The maximum Gasteiger partial charge on any atom is 0.387 e. The minimum Gasteiger partial charge on any atom is -0.434 e. The first-order valence-corrected chi connectivity index (χ1v) is 7.62. The van der Waals surface area contributed by atoms with Crippen LogP contribution in [0, 0.1) is 12.8 Å². The zero-order chi connectivity index (χ0) is 16.8. The molecule has 1 fully saturated rings. The zero-order valence-corrected chi connectivity index (χ0v) is 14.3. The van der Waals surface area contributed by atoms with Crippen LogP contribution in [0.1, 0.15) is 24.0 Å². The number of carbonyl (C=O) groups is 1. The van der Waals surface area contributed by atoms with Crippen LogP contribution < -0.4 is 15.8 Å². The van der Waals surface area contributed by atoms with Gasteiger partial charge in [0.15, 0.2) is 0 Å². The third-order valence-electron chi connectivity index (χ3n) is 3.96. The lowest BCUT2D eigenvalue weighted by molar-refractivity contribution is -0.124. The minimum atomic E-state index is -2.91. The molecule has 0 saturated carbocycles. The van der Waals surface area contributed by atoms with Crippen molar-refractivity contribution in [2.75, 3.05) is 13.2 Å². The Hall–Kier alpha value is -1.44. The van der Waals surface area contributed by atoms with Crippen molar-refractivity contribution in [3.8, 4) is 5.75 Å². The van der Waals surface area contributed by atoms with E-state index < -0.39 is 12.7 Å². The summed E-state index contributed by atoms with van der Waals surface area (Å²) in [6, 6.07) is 4.24. The van der Waals surface area contributed by atoms with Crippen LogP contribution in [0.25, 0.3) is 0 Å². The molecule has 0 radical (unpaired) electrons. The number of halogens is 3. The van der Waals surface area contributed by atoms with Crippen LogP contribution in [0.5, 0.6) is 5.75 Å². The van der Waals surface area contributed by atoms with E-state index in [2.05, 4.69) is 10.1 Å². The van der Waals surface area contributed by atoms with Crippen molar-refractivity contribution in [2.45, 2.75) is 39.0 Å². The molecule has 1 aromatic carbocycles. The first-order chi connectivity index (χ1) is 11.0. The molecule has 3 N–H and O–H groups in total. The van der Waals surface area contributed by atoms with Crippen LogP contribution in [-0.4, -0.2) is 31.8 Å². The second-order valence-electron chi connectivity index (χ2n) is 5.68. The average Bonchev–Trinajstić information content (AvgIpc) is 2.54. The largest absolute Gasteiger partial charge is 0.434 e. The molecule has 1 aliphatic rings. The quantitative estimate of drug-likeness (QED) is 0.812. The monoisotopic (exact) mass is 364 g/mol. The fraction of sp³-hybridized carbons (Fsp3) is 0.562. The van der Waals surface area contributed by atoms with Gasteiger partial charge in [0.2, 0.25) is 5.91 Å². The van der Waals surface area contributed by atoms with Crippen LogP contribution in [0.4, 0.5) is 8.78 Å². The molecule has 5 nitrogen and oxygen atoms in total. The molecule has 24 heavy (non-hydrogen) atoms. The molecule has 8 heteroatoms. The molecule has 0 aliphatic carbocycles. The van der Waals surface area contributed by atoms with E-state index in [1.165, 1.54) is 6.07 Å². The van der Waals surface area contributed by atoms with Gasteiger partial charge in [-0.3, -0.25) is 4.79 Å². The van der Waals surface area contributed by atoms with Gasteiger partial charge in [-0.1, -0.05) is 17.7 Å². The van der Waals surface area contributed by atoms with E-state index in [1.54, 1.807) is 12.1 Å². The fourth-order valence-electron chi connectivity index (χ4n) is 2.65. The van der Waals surface area contributed by atoms with E-state index in [9.17, 15) is 13.6 Å². The van der Waals surface area contributed by atoms with E-state index in [-0.39, 0.29) is 36.5 Å². The van der Waals surface area contributed by atoms with Crippen LogP contribution in [0.15, 0.2) is 18.2 Å². The van der Waals surface area contributed by atoms with E-state index in [4.69, 9.17) is 10.5 Å². The van der Waals surface area contributed by atoms with Gasteiger partial charge in [0.05, 0.1) is 6.04 Å². The summed E-state index contributed by atoms with van der Waals surface area (Å²) >= 11 is 0. The minimum absolute atomic E-state index is 0. The standard InChI is InChI=1S/C16H22F2N2O3.ClH/c1-10-2-3-13(23-16(17)18)12(8-10)9-20-15(21)14(19)11-4-6-22-7-5-11;/h2-3,8,11,14,16H,4-7,9,19H2,1H3,(H,20,21);1H. The number of carbonyl (C=O) groups excluding carboxylic acids is 1. The SMILES string of the molecule is Cc1ccc(OC(F)F)c(CNC(=O)C(N)C2CCOCC2)c1.Cl. The maximum absolute atomic E-state index is 12.4. The highest BCUT2D eigenvalue weighted by Gasteiger charge is 2.26. The normalized spacial score (nSPS) is 16.4. The van der Waals surface area contributed by atoms with Crippen LogP contribution in [0.3, 0.4) is 0 Å². The molecule has 1 saturated heterocycles. The van der Waals surface area contributed by atoms with Gasteiger partial charge in [-0.05, 0) is 31.7 Å². The van der Waals surface area contributed by atoms with Crippen LogP contribution in [-0.2, 0) is 16.1 Å². The lowest BCUT2D eigenvalue weighted by Crippen LogP contribution is -2.46. The molecule has 136 valence electrons. The van der Waals surface area contributed by atoms with Crippen molar-refractivity contribution >= 4 is 18.3 Å². The number of hydrogen-bond donors (Lipinski definition) is 2. The molecule has 0 spiro atoms. The smallest absolute Gasteiger partial charge is 0.387 e. The Bertz CT molecular complexity index is 540. The van der Waals surface area contributed by atoms with Gasteiger partial charge in [-0.2, -0.15) is 8.78 Å². The van der Waals surface area contributed by atoms with Gasteiger partial charge < -0.3 is 20.5 Å². The van der Waals surface area contributed by atoms with E-state index in [0.29, 0.717) is 18.8 Å². The Morgan fingerprint density at radius 2 is 2.08 bits per heavy atom. The number of alkyl halides is 2. The maximum atomic E-state index is 12.4. The number of nitrogens with one attached hydrogen (secondary N) is 1. The molecular weight excluding hydrogens is 342 g/mol. The third kappa shape index (κ3) is 5.89. The average molecular weight is 365 g/mol. The summed E-state index contributed by atoms with van der Waals surface area (Å²) in [5, 5.41) is 2.71. The van der Waals surface area contributed by atoms with E-state index in [0.717, 1.165) is 18.4 Å². The van der Waals surface area contributed by atoms with Crippen molar-refractivity contribution in [1.82, 2.24) is 5.32 Å². The summed E-state index contributed by atoms with van der Waals surface area (Å²) in [6.45, 7) is 0.243. The van der Waals surface area contributed by atoms with E-state index >= 15 is 0 Å². The molecule has 1 amide bonds. The lowest BCUT2D eigenvalue weighted by atomic mass is 9.92. The molecule has 1 aromatic rings. The number of nitrogens with two attached hydrogens (primary N) is 1. The molecule has 1 aliphatic heterocycles. The summed E-state index contributed by atoms with van der Waals surface area (Å²) in [5.74, 6) is -0.148. The van der Waals surface area contributed by atoms with Crippen molar-refractivity contribution in [1.29, 1.82) is 0 Å². The molecule has 1 atom stereocenters. The Morgan fingerprint density at radius 3 is 2.71 bits per heavy atom. The Labute approximate surface area is 146 Å². The summed E-state index contributed by atoms with van der Waals surface area (Å²) < 4.78 is 34.6. The number of ether oxygens (including phenoxy) is 2. The highest BCUT2D eigenvalue weighted by Crippen LogP contribution is 2.22. The second-order valence-corrected chi connectivity index (χ2v) is 5.68. The number of amides is 1. The summed E-state index contributed by atoms with van der Waals surface area (Å²) in [7, 11) is 0. The van der Waals surface area contributed by atoms with Crippen LogP contribution >= 0.6 is 12.4 Å². The van der Waals surface area contributed by atoms with E-state index in [1.807, 2.05) is 6.92 Å². The lowest BCUT2D eigenvalue weighted by Gasteiger charge is -2.26. The molecule has 2 rings (SSSR count). The number of benzene rings is 1. The van der Waals surface area contributed by atoms with Crippen molar-refractivity contribution in [2.24, 2.45) is 11.7 Å². The van der Waals surface area contributed by atoms with Crippen molar-refractivity contribution < 1.29 is 23.0 Å². The highest BCUT2D eigenvalue weighted by atomic mass is 35.5. The fourth-order valence-corrected chi connectivity index (χ4v) is 2.65. The molecule has 0 aromatic heterocycles. The Balaban J connectivity index is 0.00000288. The first kappa shape index (κ1) is 20.6. The molecule has 1 unspecified atom stereocenters. The summed E-state index contributed by atoms with van der Waals surface area (Å²) in [5.41, 5.74) is 7.38. The summed E-state index contributed by atoms with van der Waals surface area (Å²) in [6.07, 6.45) is 1.50. The van der Waals surface area contributed by atoms with Gasteiger partial charge in [-0.25, -0.2) is 0 Å². The number of aryl methyl sites for hydroxylation is 1. The predicted octanol–water partition coefficient (Wildman–Crippen LogP) is 2.39. The third-order valence-corrected chi connectivity index (χ3v) is 3.96. The topological polar surface area (TPSA) is 73.6 Å². The second kappa shape index (κ2) is 9.76. The van der Waals surface area contributed by atoms with Gasteiger partial charge >= 0.3 is 6.61 Å². The van der Waals surface area contributed by atoms with Gasteiger partial charge in [0.25, 0.3) is 0 Å². The van der Waals surface area contributed by atoms with Crippen molar-refractivity contribution in [3.05, 3.63) is 29.3 Å². The number of hydrogen-bond acceptors (Lipinski definition) is 4. The highest BCUT2D eigenvalue weighted by molar-refractivity contribution is 5.85. The molecule has 0 bridgehead atoms. The first-order valence-electron chi connectivity index (χ1n) is 7.62. The predicted molar refractivity (Wildman–Crippen MR) is 88.4 cm³/mol. The van der Waals surface area contributed by atoms with Gasteiger partial charge in [-0.15, -0.1) is 12.4 Å². The number of rotatable bonds is 6. The van der Waals surface area contributed by atoms with Gasteiger partial charge in [0, 0.05) is 25.3 Å². The molecule has 1 heterocycles. The van der Waals surface area contributed by atoms with Crippen LogP contribution in [0.2, 0.25) is 0 Å². The Kier molecular flexibility index (Phi) is 8.38. The Morgan fingerprint density at radius 1 is 1.42 bits per heavy atom. The van der Waals surface area contributed by atoms with Gasteiger partial charge in [0.1, 0.15) is 5.75 Å². The van der Waals surface area contributed by atoms with Crippen molar-refractivity contribution in [3.63, 3.8) is 0 Å². The summed E-state index contributed by atoms with van der Waals surface area (Å²) in [4.78, 5) is 12.2.